The molecule has 1 aliphatic rings. The Morgan fingerprint density at radius 2 is 2.03 bits per heavy atom. The molecule has 2 aromatic heterocycles. The van der Waals surface area contributed by atoms with Gasteiger partial charge in [-0.25, -0.2) is 17.9 Å². The van der Waals surface area contributed by atoms with E-state index in [1.165, 1.54) is 17.1 Å². The minimum Gasteiger partial charge on any atom is -0.397 e. The Kier molecular flexibility index (Phi) is 5.13. The van der Waals surface area contributed by atoms with Crippen LogP contribution in [0.1, 0.15) is 41.4 Å². The van der Waals surface area contributed by atoms with Gasteiger partial charge in [-0.3, -0.25) is 9.78 Å². The van der Waals surface area contributed by atoms with Crippen LogP contribution < -0.4 is 5.73 Å². The molecule has 5 rings (SSSR count). The molecule has 1 aliphatic heterocycles. The second-order valence-corrected chi connectivity index (χ2v) is 8.33. The molecule has 32 heavy (non-hydrogen) atoms. The van der Waals surface area contributed by atoms with Gasteiger partial charge in [0.1, 0.15) is 5.52 Å². The summed E-state index contributed by atoms with van der Waals surface area (Å²) in [7, 11) is 0. The number of anilines is 1. The predicted octanol–water partition coefficient (Wildman–Crippen LogP) is 5.28. The summed E-state index contributed by atoms with van der Waals surface area (Å²) < 4.78 is 51.4. The zero-order valence-corrected chi connectivity index (χ0v) is 18.1. The molecule has 1 saturated heterocycles. The number of carbonyl (C=O) groups excluding carboxylic acids is 1. The van der Waals surface area contributed by atoms with E-state index in [0.29, 0.717) is 18.4 Å². The summed E-state index contributed by atoms with van der Waals surface area (Å²) in [5, 5.41) is 4.56. The summed E-state index contributed by atoms with van der Waals surface area (Å²) in [4.78, 5) is 17.5. The van der Waals surface area contributed by atoms with Crippen LogP contribution in [0.5, 0.6) is 0 Å². The van der Waals surface area contributed by atoms with E-state index in [2.05, 4.69) is 26.0 Å². The zero-order valence-electron chi connectivity index (χ0n) is 16.5. The standard InChI is InChI=1S/C22H16BrF3N4O2/c23-16-18(26)15(19(27)10-4-3-6-28-20(10)16)22(31)11-8-13(24)17(25)21-12(11)9-29-30(21)14-5-1-2-7-32-14/h3-4,6,8-9,14H,1-2,5,7,27H2. The van der Waals surface area contributed by atoms with Crippen molar-refractivity contribution < 1.29 is 22.7 Å². The lowest BCUT2D eigenvalue weighted by Gasteiger charge is -2.23. The summed E-state index contributed by atoms with van der Waals surface area (Å²) in [6, 6.07) is 3.94. The first-order valence-electron chi connectivity index (χ1n) is 9.92. The maximum Gasteiger partial charge on any atom is 0.198 e. The molecule has 6 nitrogen and oxygen atoms in total. The van der Waals surface area contributed by atoms with Crippen LogP contribution >= 0.6 is 15.9 Å². The first-order valence-corrected chi connectivity index (χ1v) is 10.7. The molecule has 3 heterocycles. The second-order valence-electron chi connectivity index (χ2n) is 7.54. The lowest BCUT2D eigenvalue weighted by Crippen LogP contribution is -2.19. The molecule has 2 aromatic carbocycles. The molecule has 0 spiro atoms. The van der Waals surface area contributed by atoms with Gasteiger partial charge < -0.3 is 10.5 Å². The number of rotatable bonds is 3. The average Bonchev–Trinajstić information content (AvgIpc) is 3.26. The molecule has 1 unspecified atom stereocenters. The van der Waals surface area contributed by atoms with E-state index >= 15 is 4.39 Å². The Hall–Kier alpha value is -2.98. The highest BCUT2D eigenvalue weighted by Gasteiger charge is 2.29. The van der Waals surface area contributed by atoms with Crippen LogP contribution in [0.3, 0.4) is 0 Å². The van der Waals surface area contributed by atoms with Crippen LogP contribution in [0, 0.1) is 17.5 Å². The van der Waals surface area contributed by atoms with Crippen LogP contribution in [0.25, 0.3) is 21.8 Å². The summed E-state index contributed by atoms with van der Waals surface area (Å²) in [5.74, 6) is -4.22. The molecule has 0 bridgehead atoms. The van der Waals surface area contributed by atoms with Crippen molar-refractivity contribution in [1.82, 2.24) is 14.8 Å². The highest BCUT2D eigenvalue weighted by molar-refractivity contribution is 9.10. The van der Waals surface area contributed by atoms with Gasteiger partial charge in [-0.2, -0.15) is 5.10 Å². The van der Waals surface area contributed by atoms with Crippen molar-refractivity contribution in [2.75, 3.05) is 12.3 Å². The van der Waals surface area contributed by atoms with Crippen molar-refractivity contribution >= 4 is 49.2 Å². The van der Waals surface area contributed by atoms with E-state index in [4.69, 9.17) is 10.5 Å². The topological polar surface area (TPSA) is 83.0 Å². The number of hydrogen-bond acceptors (Lipinski definition) is 5. The molecular formula is C22H16BrF3N4O2. The molecule has 164 valence electrons. The molecule has 1 fully saturated rings. The molecule has 0 aliphatic carbocycles. The number of hydrogen-bond donors (Lipinski definition) is 1. The number of nitrogens with two attached hydrogens (primary N) is 1. The third-order valence-electron chi connectivity index (χ3n) is 5.66. The van der Waals surface area contributed by atoms with Gasteiger partial charge >= 0.3 is 0 Å². The van der Waals surface area contributed by atoms with E-state index < -0.39 is 35.0 Å². The molecule has 2 N–H and O–H groups in total. The quantitative estimate of drug-likeness (QED) is 0.303. The minimum absolute atomic E-state index is 0.0456. The smallest absolute Gasteiger partial charge is 0.198 e. The van der Waals surface area contributed by atoms with Gasteiger partial charge in [0.2, 0.25) is 0 Å². The lowest BCUT2D eigenvalue weighted by molar-refractivity contribution is -0.0369. The fraction of sp³-hybridized carbons (Fsp3) is 0.227. The van der Waals surface area contributed by atoms with Gasteiger partial charge in [-0.05, 0) is 53.4 Å². The fourth-order valence-corrected chi connectivity index (χ4v) is 4.62. The maximum atomic E-state index is 15.2. The molecular weight excluding hydrogens is 489 g/mol. The third-order valence-corrected chi connectivity index (χ3v) is 6.39. The van der Waals surface area contributed by atoms with Gasteiger partial charge in [0.25, 0.3) is 0 Å². The van der Waals surface area contributed by atoms with E-state index in [9.17, 15) is 13.6 Å². The Balaban J connectivity index is 1.73. The Bertz CT molecular complexity index is 1400. The number of nitrogens with zero attached hydrogens (tertiary/aromatic N) is 3. The van der Waals surface area contributed by atoms with Crippen molar-refractivity contribution in [2.45, 2.75) is 25.5 Å². The fourth-order valence-electron chi connectivity index (χ4n) is 4.10. The highest BCUT2D eigenvalue weighted by Crippen LogP contribution is 2.37. The molecule has 4 aromatic rings. The number of benzene rings is 2. The molecule has 0 amide bonds. The third kappa shape index (κ3) is 3.08. The first-order chi connectivity index (χ1) is 15.4. The van der Waals surface area contributed by atoms with Crippen LogP contribution in [-0.4, -0.2) is 27.2 Å². The van der Waals surface area contributed by atoms with Crippen LogP contribution in [-0.2, 0) is 4.74 Å². The van der Waals surface area contributed by atoms with Crippen LogP contribution in [0.4, 0.5) is 18.9 Å². The second kappa shape index (κ2) is 7.86. The summed E-state index contributed by atoms with van der Waals surface area (Å²) >= 11 is 3.13. The molecule has 0 radical (unpaired) electrons. The Morgan fingerprint density at radius 3 is 2.78 bits per heavy atom. The number of pyridine rings is 1. The SMILES string of the molecule is Nc1c(C(=O)c2cc(F)c(F)c3c2cnn3C2CCCCO2)c(F)c(Br)c2ncccc12. The predicted molar refractivity (Wildman–Crippen MR) is 116 cm³/mol. The molecule has 10 heteroatoms. The number of ketones is 1. The van der Waals surface area contributed by atoms with Crippen molar-refractivity contribution in [3.63, 3.8) is 0 Å². The van der Waals surface area contributed by atoms with Gasteiger partial charge in [0.15, 0.2) is 29.5 Å². The normalized spacial score (nSPS) is 16.7. The average molecular weight is 505 g/mol. The number of aromatic nitrogens is 3. The van der Waals surface area contributed by atoms with Crippen LogP contribution in [0.2, 0.25) is 0 Å². The van der Waals surface area contributed by atoms with E-state index in [1.807, 2.05) is 0 Å². The van der Waals surface area contributed by atoms with Crippen molar-refractivity contribution in [2.24, 2.45) is 0 Å². The Morgan fingerprint density at radius 1 is 1.22 bits per heavy atom. The molecule has 1 atom stereocenters. The van der Waals surface area contributed by atoms with Crippen molar-refractivity contribution in [3.05, 3.63) is 63.6 Å². The highest BCUT2D eigenvalue weighted by atomic mass is 79.9. The number of fused-ring (bicyclic) bond motifs is 2. The monoisotopic (exact) mass is 504 g/mol. The maximum absolute atomic E-state index is 15.2. The summed E-state index contributed by atoms with van der Waals surface area (Å²) in [6.45, 7) is 0.468. The van der Waals surface area contributed by atoms with Crippen molar-refractivity contribution in [1.29, 1.82) is 0 Å². The number of carbonyl (C=O) groups is 1. The largest absolute Gasteiger partial charge is 0.397 e. The molecule has 0 saturated carbocycles. The van der Waals surface area contributed by atoms with Crippen molar-refractivity contribution in [3.8, 4) is 0 Å². The zero-order chi connectivity index (χ0) is 22.6. The lowest BCUT2D eigenvalue weighted by atomic mass is 9.96. The Labute approximate surface area is 188 Å². The van der Waals surface area contributed by atoms with E-state index in [1.54, 1.807) is 12.1 Å². The van der Waals surface area contributed by atoms with Gasteiger partial charge in [0.05, 0.1) is 27.4 Å². The first kappa shape index (κ1) is 20.9. The van der Waals surface area contributed by atoms with Gasteiger partial charge in [0, 0.05) is 29.1 Å². The van der Waals surface area contributed by atoms with Gasteiger partial charge in [-0.15, -0.1) is 0 Å². The van der Waals surface area contributed by atoms with E-state index in [-0.39, 0.29) is 32.1 Å². The van der Waals surface area contributed by atoms with Crippen LogP contribution in [0.15, 0.2) is 35.1 Å². The van der Waals surface area contributed by atoms with E-state index in [0.717, 1.165) is 18.9 Å². The summed E-state index contributed by atoms with van der Waals surface area (Å²) in [5.41, 5.74) is 5.33. The summed E-state index contributed by atoms with van der Waals surface area (Å²) in [6.07, 6.45) is 4.42. The van der Waals surface area contributed by atoms with Gasteiger partial charge in [-0.1, -0.05) is 0 Å². The minimum atomic E-state index is -1.25. The number of halogens is 4. The number of ether oxygens (including phenoxy) is 1. The number of nitrogen functional groups attached to an aromatic ring is 1.